The summed E-state index contributed by atoms with van der Waals surface area (Å²) in [5, 5.41) is 1.33. The van der Waals surface area contributed by atoms with Gasteiger partial charge in [0.25, 0.3) is 0 Å². The van der Waals surface area contributed by atoms with Gasteiger partial charge >= 0.3 is 0 Å². The van der Waals surface area contributed by atoms with Crippen LogP contribution in [0.3, 0.4) is 0 Å². The zero-order valence-corrected chi connectivity index (χ0v) is 11.5. The van der Waals surface area contributed by atoms with Gasteiger partial charge < -0.3 is 15.0 Å². The van der Waals surface area contributed by atoms with Crippen molar-refractivity contribution in [3.05, 3.63) is 35.0 Å². The molecule has 3 heteroatoms. The van der Waals surface area contributed by atoms with Crippen molar-refractivity contribution in [2.24, 2.45) is 5.73 Å². The second kappa shape index (κ2) is 5.55. The zero-order chi connectivity index (χ0) is 13.1. The Bertz CT molecular complexity index is 543. The highest BCUT2D eigenvalue weighted by molar-refractivity contribution is 5.86. The zero-order valence-electron chi connectivity index (χ0n) is 11.5. The van der Waals surface area contributed by atoms with E-state index in [1.54, 1.807) is 7.11 Å². The molecule has 1 aromatic carbocycles. The molecule has 0 unspecified atom stereocenters. The molecule has 0 aliphatic rings. The molecule has 0 aliphatic carbocycles. The Hall–Kier alpha value is -1.32. The third kappa shape index (κ3) is 2.28. The summed E-state index contributed by atoms with van der Waals surface area (Å²) in [5.41, 5.74) is 10.9. The van der Waals surface area contributed by atoms with Crippen molar-refractivity contribution in [1.29, 1.82) is 0 Å². The van der Waals surface area contributed by atoms with Crippen LogP contribution in [-0.2, 0) is 17.8 Å². The lowest BCUT2D eigenvalue weighted by Gasteiger charge is -2.08. The van der Waals surface area contributed by atoms with Gasteiger partial charge in [0, 0.05) is 43.4 Å². The summed E-state index contributed by atoms with van der Waals surface area (Å²) in [6.07, 6.45) is 1.04. The van der Waals surface area contributed by atoms with Gasteiger partial charge in [0.15, 0.2) is 0 Å². The lowest BCUT2D eigenvalue weighted by Crippen LogP contribution is -2.03. The minimum absolute atomic E-state index is 0.600. The molecule has 2 N–H and O–H groups in total. The first-order valence-corrected chi connectivity index (χ1v) is 6.46. The van der Waals surface area contributed by atoms with Gasteiger partial charge in [-0.1, -0.05) is 6.07 Å². The molecule has 0 saturated carbocycles. The van der Waals surface area contributed by atoms with Gasteiger partial charge in [-0.15, -0.1) is 0 Å². The summed E-state index contributed by atoms with van der Waals surface area (Å²) in [5.74, 6) is 0. The Morgan fingerprint density at radius 1 is 1.28 bits per heavy atom. The van der Waals surface area contributed by atoms with Crippen LogP contribution >= 0.6 is 0 Å². The molecule has 1 aromatic heterocycles. The van der Waals surface area contributed by atoms with E-state index in [9.17, 15) is 0 Å². The normalized spacial score (nSPS) is 11.3. The van der Waals surface area contributed by atoms with Crippen molar-refractivity contribution in [2.45, 2.75) is 33.4 Å². The number of nitrogens with zero attached hydrogens (tertiary/aromatic N) is 1. The molecule has 0 saturated heterocycles. The van der Waals surface area contributed by atoms with Crippen LogP contribution in [0.25, 0.3) is 10.9 Å². The van der Waals surface area contributed by atoms with Crippen molar-refractivity contribution in [2.75, 3.05) is 13.7 Å². The standard InChI is InChI=1S/C15H22N2O/c1-11-12(2)17(7-4-8-18-3)15-6-5-13(10-16)9-14(11)15/h5-6,9H,4,7-8,10,16H2,1-3H3. The van der Waals surface area contributed by atoms with Crippen LogP contribution in [0.4, 0.5) is 0 Å². The maximum Gasteiger partial charge on any atom is 0.0485 e. The van der Waals surface area contributed by atoms with Crippen LogP contribution in [-0.4, -0.2) is 18.3 Å². The molecule has 0 radical (unpaired) electrons. The fraction of sp³-hybridized carbons (Fsp3) is 0.467. The molecule has 98 valence electrons. The van der Waals surface area contributed by atoms with Gasteiger partial charge in [0.2, 0.25) is 0 Å². The topological polar surface area (TPSA) is 40.2 Å². The number of hydrogen-bond donors (Lipinski definition) is 1. The van der Waals surface area contributed by atoms with Crippen molar-refractivity contribution >= 4 is 10.9 Å². The van der Waals surface area contributed by atoms with E-state index in [0.29, 0.717) is 6.54 Å². The largest absolute Gasteiger partial charge is 0.385 e. The Morgan fingerprint density at radius 2 is 2.06 bits per heavy atom. The van der Waals surface area contributed by atoms with E-state index in [1.807, 2.05) is 0 Å². The molecule has 0 atom stereocenters. The molecular weight excluding hydrogens is 224 g/mol. The van der Waals surface area contributed by atoms with Gasteiger partial charge in [0.1, 0.15) is 0 Å². The monoisotopic (exact) mass is 246 g/mol. The Kier molecular flexibility index (Phi) is 4.04. The summed E-state index contributed by atoms with van der Waals surface area (Å²) in [4.78, 5) is 0. The van der Waals surface area contributed by atoms with Gasteiger partial charge in [-0.25, -0.2) is 0 Å². The molecule has 0 spiro atoms. The number of rotatable bonds is 5. The Balaban J connectivity index is 2.43. The van der Waals surface area contributed by atoms with E-state index in [0.717, 1.165) is 19.6 Å². The summed E-state index contributed by atoms with van der Waals surface area (Å²) in [6.45, 7) is 6.78. The molecule has 0 bridgehead atoms. The maximum atomic E-state index is 5.71. The number of methoxy groups -OCH3 is 1. The Morgan fingerprint density at radius 3 is 2.72 bits per heavy atom. The number of aryl methyl sites for hydroxylation is 2. The molecule has 2 rings (SSSR count). The molecule has 1 heterocycles. The fourth-order valence-electron chi connectivity index (χ4n) is 2.48. The van der Waals surface area contributed by atoms with E-state index in [2.05, 4.69) is 36.6 Å². The third-order valence-electron chi connectivity index (χ3n) is 3.67. The number of hydrogen-bond acceptors (Lipinski definition) is 2. The number of fused-ring (bicyclic) bond motifs is 1. The Labute approximate surface area is 109 Å². The minimum Gasteiger partial charge on any atom is -0.385 e. The van der Waals surface area contributed by atoms with Gasteiger partial charge in [-0.05, 0) is 43.5 Å². The van der Waals surface area contributed by atoms with E-state index in [-0.39, 0.29) is 0 Å². The summed E-state index contributed by atoms with van der Waals surface area (Å²) < 4.78 is 7.51. The first-order chi connectivity index (χ1) is 8.69. The van der Waals surface area contributed by atoms with Crippen LogP contribution in [0.15, 0.2) is 18.2 Å². The average Bonchev–Trinajstić information content (AvgIpc) is 2.63. The van der Waals surface area contributed by atoms with E-state index < -0.39 is 0 Å². The molecule has 3 nitrogen and oxygen atoms in total. The molecule has 0 fully saturated rings. The first-order valence-electron chi connectivity index (χ1n) is 6.46. The first kappa shape index (κ1) is 13.1. The number of ether oxygens (including phenoxy) is 1. The van der Waals surface area contributed by atoms with Crippen molar-refractivity contribution in [3.8, 4) is 0 Å². The van der Waals surface area contributed by atoms with E-state index >= 15 is 0 Å². The van der Waals surface area contributed by atoms with Crippen LogP contribution in [0.1, 0.15) is 23.2 Å². The molecular formula is C15H22N2O. The highest BCUT2D eigenvalue weighted by atomic mass is 16.5. The maximum absolute atomic E-state index is 5.71. The number of benzene rings is 1. The highest BCUT2D eigenvalue weighted by Crippen LogP contribution is 2.26. The van der Waals surface area contributed by atoms with Crippen LogP contribution in [0.2, 0.25) is 0 Å². The second-order valence-electron chi connectivity index (χ2n) is 4.76. The molecule has 0 aliphatic heterocycles. The number of aromatic nitrogens is 1. The van der Waals surface area contributed by atoms with Crippen LogP contribution in [0.5, 0.6) is 0 Å². The van der Waals surface area contributed by atoms with E-state index in [1.165, 1.54) is 27.7 Å². The smallest absolute Gasteiger partial charge is 0.0485 e. The third-order valence-corrected chi connectivity index (χ3v) is 3.67. The quantitative estimate of drug-likeness (QED) is 0.824. The molecule has 2 aromatic rings. The lowest BCUT2D eigenvalue weighted by molar-refractivity contribution is 0.190. The van der Waals surface area contributed by atoms with Gasteiger partial charge in [-0.3, -0.25) is 0 Å². The van der Waals surface area contributed by atoms with Crippen molar-refractivity contribution in [1.82, 2.24) is 4.57 Å². The lowest BCUT2D eigenvalue weighted by atomic mass is 10.1. The predicted octanol–water partition coefficient (Wildman–Crippen LogP) is 2.75. The summed E-state index contributed by atoms with van der Waals surface area (Å²) in [6, 6.07) is 6.52. The van der Waals surface area contributed by atoms with Crippen molar-refractivity contribution in [3.63, 3.8) is 0 Å². The minimum atomic E-state index is 0.600. The SMILES string of the molecule is COCCCn1c(C)c(C)c2cc(CN)ccc21. The van der Waals surface area contributed by atoms with E-state index in [4.69, 9.17) is 10.5 Å². The average molecular weight is 246 g/mol. The predicted molar refractivity (Wildman–Crippen MR) is 75.8 cm³/mol. The fourth-order valence-corrected chi connectivity index (χ4v) is 2.48. The summed E-state index contributed by atoms with van der Waals surface area (Å²) >= 11 is 0. The van der Waals surface area contributed by atoms with Gasteiger partial charge in [0.05, 0.1) is 0 Å². The van der Waals surface area contributed by atoms with Crippen molar-refractivity contribution < 1.29 is 4.74 Å². The summed E-state index contributed by atoms with van der Waals surface area (Å²) in [7, 11) is 1.75. The molecule has 18 heavy (non-hydrogen) atoms. The second-order valence-corrected chi connectivity index (χ2v) is 4.76. The molecule has 0 amide bonds. The van der Waals surface area contributed by atoms with Crippen LogP contribution in [0, 0.1) is 13.8 Å². The number of nitrogens with two attached hydrogens (primary N) is 1. The van der Waals surface area contributed by atoms with Crippen LogP contribution < -0.4 is 5.73 Å². The van der Waals surface area contributed by atoms with Gasteiger partial charge in [-0.2, -0.15) is 0 Å². The highest BCUT2D eigenvalue weighted by Gasteiger charge is 2.10.